The van der Waals surface area contributed by atoms with Crippen molar-refractivity contribution in [3.63, 3.8) is 0 Å². The van der Waals surface area contributed by atoms with Crippen LogP contribution >= 0.6 is 11.6 Å². The van der Waals surface area contributed by atoms with Gasteiger partial charge < -0.3 is 20.1 Å². The molecule has 0 saturated heterocycles. The Bertz CT molecular complexity index is 762. The number of nitrogens with one attached hydrogen (secondary N) is 2. The SMILES string of the molecule is COc1ccc(C(C)(C)CNC(=O)NCc2ccccc2Cl)cc1OC. The van der Waals surface area contributed by atoms with Gasteiger partial charge in [0.15, 0.2) is 11.5 Å². The number of ether oxygens (including phenoxy) is 2. The van der Waals surface area contributed by atoms with Crippen molar-refractivity contribution in [1.82, 2.24) is 10.6 Å². The zero-order valence-electron chi connectivity index (χ0n) is 15.6. The third kappa shape index (κ3) is 5.05. The first-order valence-corrected chi connectivity index (χ1v) is 8.73. The molecule has 2 N–H and O–H groups in total. The van der Waals surface area contributed by atoms with E-state index in [4.69, 9.17) is 21.1 Å². The van der Waals surface area contributed by atoms with Crippen LogP contribution in [-0.4, -0.2) is 26.8 Å². The van der Waals surface area contributed by atoms with Gasteiger partial charge in [0.05, 0.1) is 14.2 Å². The van der Waals surface area contributed by atoms with E-state index in [-0.39, 0.29) is 11.4 Å². The highest BCUT2D eigenvalue weighted by Gasteiger charge is 2.23. The van der Waals surface area contributed by atoms with Crippen molar-refractivity contribution in [3.05, 3.63) is 58.6 Å². The lowest BCUT2D eigenvalue weighted by Crippen LogP contribution is -2.42. The Hall–Kier alpha value is -2.40. The van der Waals surface area contributed by atoms with Gasteiger partial charge >= 0.3 is 6.03 Å². The molecule has 0 fully saturated rings. The summed E-state index contributed by atoms with van der Waals surface area (Å²) in [5.74, 6) is 1.35. The monoisotopic (exact) mass is 376 g/mol. The van der Waals surface area contributed by atoms with E-state index in [0.29, 0.717) is 29.6 Å². The van der Waals surface area contributed by atoms with Crippen LogP contribution in [-0.2, 0) is 12.0 Å². The second kappa shape index (κ2) is 8.81. The molecule has 2 aromatic rings. The van der Waals surface area contributed by atoms with Crippen LogP contribution < -0.4 is 20.1 Å². The molecule has 2 aromatic carbocycles. The number of hydrogen-bond acceptors (Lipinski definition) is 3. The average molecular weight is 377 g/mol. The summed E-state index contributed by atoms with van der Waals surface area (Å²) in [4.78, 5) is 12.1. The Morgan fingerprint density at radius 2 is 1.73 bits per heavy atom. The fourth-order valence-electron chi connectivity index (χ4n) is 2.54. The summed E-state index contributed by atoms with van der Waals surface area (Å²) in [5.41, 5.74) is 1.64. The molecular weight excluding hydrogens is 352 g/mol. The van der Waals surface area contributed by atoms with Gasteiger partial charge in [-0.25, -0.2) is 4.79 Å². The number of carbonyl (C=O) groups excluding carboxylic acids is 1. The van der Waals surface area contributed by atoms with Gasteiger partial charge in [0.25, 0.3) is 0 Å². The highest BCUT2D eigenvalue weighted by Crippen LogP contribution is 2.32. The van der Waals surface area contributed by atoms with E-state index in [1.165, 1.54) is 0 Å². The maximum atomic E-state index is 12.1. The van der Waals surface area contributed by atoms with Crippen LogP contribution in [0.2, 0.25) is 5.02 Å². The molecule has 0 spiro atoms. The van der Waals surface area contributed by atoms with Gasteiger partial charge in [0.2, 0.25) is 0 Å². The fraction of sp³-hybridized carbons (Fsp3) is 0.350. The highest BCUT2D eigenvalue weighted by molar-refractivity contribution is 6.31. The van der Waals surface area contributed by atoms with Gasteiger partial charge in [-0.15, -0.1) is 0 Å². The molecule has 0 bridgehead atoms. The second-order valence-electron chi connectivity index (χ2n) is 6.58. The van der Waals surface area contributed by atoms with Crippen LogP contribution in [0.1, 0.15) is 25.0 Å². The summed E-state index contributed by atoms with van der Waals surface area (Å²) in [7, 11) is 3.21. The molecule has 26 heavy (non-hydrogen) atoms. The molecule has 2 rings (SSSR count). The lowest BCUT2D eigenvalue weighted by atomic mass is 9.84. The van der Waals surface area contributed by atoms with Gasteiger partial charge in [-0.3, -0.25) is 0 Å². The zero-order chi connectivity index (χ0) is 19.2. The maximum Gasteiger partial charge on any atom is 0.315 e. The Morgan fingerprint density at radius 1 is 1.04 bits per heavy atom. The minimum Gasteiger partial charge on any atom is -0.493 e. The smallest absolute Gasteiger partial charge is 0.315 e. The van der Waals surface area contributed by atoms with Crippen molar-refractivity contribution >= 4 is 17.6 Å². The summed E-state index contributed by atoms with van der Waals surface area (Å²) < 4.78 is 10.6. The first-order chi connectivity index (χ1) is 12.4. The van der Waals surface area contributed by atoms with Crippen molar-refractivity contribution in [1.29, 1.82) is 0 Å². The molecule has 0 radical (unpaired) electrons. The minimum absolute atomic E-state index is 0.238. The van der Waals surface area contributed by atoms with Crippen LogP contribution in [0.3, 0.4) is 0 Å². The van der Waals surface area contributed by atoms with E-state index in [1.54, 1.807) is 20.3 Å². The summed E-state index contributed by atoms with van der Waals surface area (Å²) in [6.45, 7) is 4.96. The van der Waals surface area contributed by atoms with E-state index >= 15 is 0 Å². The van der Waals surface area contributed by atoms with Crippen LogP contribution in [0, 0.1) is 0 Å². The average Bonchev–Trinajstić information content (AvgIpc) is 2.65. The van der Waals surface area contributed by atoms with Crippen molar-refractivity contribution in [2.75, 3.05) is 20.8 Å². The molecule has 0 heterocycles. The largest absolute Gasteiger partial charge is 0.493 e. The Balaban J connectivity index is 1.94. The van der Waals surface area contributed by atoms with Crippen LogP contribution in [0.5, 0.6) is 11.5 Å². The number of urea groups is 1. The number of benzene rings is 2. The zero-order valence-corrected chi connectivity index (χ0v) is 16.3. The molecule has 0 atom stereocenters. The van der Waals surface area contributed by atoms with Crippen molar-refractivity contribution < 1.29 is 14.3 Å². The first kappa shape index (κ1) is 19.9. The number of halogens is 1. The van der Waals surface area contributed by atoms with Crippen LogP contribution in [0.15, 0.2) is 42.5 Å². The van der Waals surface area contributed by atoms with Crippen molar-refractivity contribution in [3.8, 4) is 11.5 Å². The van der Waals surface area contributed by atoms with Gasteiger partial charge in [-0.1, -0.05) is 49.7 Å². The topological polar surface area (TPSA) is 59.6 Å². The lowest BCUT2D eigenvalue weighted by molar-refractivity contribution is 0.238. The molecular formula is C20H25ClN2O3. The number of carbonyl (C=O) groups is 1. The van der Waals surface area contributed by atoms with Crippen molar-refractivity contribution in [2.45, 2.75) is 25.8 Å². The van der Waals surface area contributed by atoms with E-state index in [0.717, 1.165) is 11.1 Å². The first-order valence-electron chi connectivity index (χ1n) is 8.35. The normalized spacial score (nSPS) is 11.0. The molecule has 5 nitrogen and oxygen atoms in total. The molecule has 0 aliphatic heterocycles. The molecule has 0 aromatic heterocycles. The molecule has 2 amide bonds. The third-order valence-electron chi connectivity index (χ3n) is 4.25. The van der Waals surface area contributed by atoms with Crippen LogP contribution in [0.4, 0.5) is 4.79 Å². The summed E-state index contributed by atoms with van der Waals surface area (Å²) in [6, 6.07) is 13.0. The highest BCUT2D eigenvalue weighted by atomic mass is 35.5. The molecule has 0 unspecified atom stereocenters. The van der Waals surface area contributed by atoms with Crippen LogP contribution in [0.25, 0.3) is 0 Å². The lowest BCUT2D eigenvalue weighted by Gasteiger charge is -2.26. The molecule has 140 valence electrons. The third-order valence-corrected chi connectivity index (χ3v) is 4.62. The standard InChI is InChI=1S/C20H25ClN2O3/c1-20(2,15-9-10-17(25-3)18(11-15)26-4)13-23-19(24)22-12-14-7-5-6-8-16(14)21/h5-11H,12-13H2,1-4H3,(H2,22,23,24). The van der Waals surface area contributed by atoms with Gasteiger partial charge in [0, 0.05) is 23.5 Å². The second-order valence-corrected chi connectivity index (χ2v) is 6.99. The number of hydrogen-bond donors (Lipinski definition) is 2. The molecule has 0 aliphatic rings. The van der Waals surface area contributed by atoms with E-state index in [9.17, 15) is 4.79 Å². The maximum absolute atomic E-state index is 12.1. The quantitative estimate of drug-likeness (QED) is 0.763. The minimum atomic E-state index is -0.277. The van der Waals surface area contributed by atoms with Gasteiger partial charge in [-0.2, -0.15) is 0 Å². The summed E-state index contributed by atoms with van der Waals surface area (Å²) in [6.07, 6.45) is 0. The van der Waals surface area contributed by atoms with Gasteiger partial charge in [-0.05, 0) is 29.3 Å². The molecule has 6 heteroatoms. The number of amides is 2. The molecule has 0 aliphatic carbocycles. The Labute approximate surface area is 159 Å². The number of methoxy groups -OCH3 is 2. The van der Waals surface area contributed by atoms with E-state index in [2.05, 4.69) is 24.5 Å². The number of rotatable bonds is 7. The van der Waals surface area contributed by atoms with Crippen molar-refractivity contribution in [2.24, 2.45) is 0 Å². The summed E-state index contributed by atoms with van der Waals surface area (Å²) in [5, 5.41) is 6.37. The fourth-order valence-corrected chi connectivity index (χ4v) is 2.74. The van der Waals surface area contributed by atoms with E-state index in [1.807, 2.05) is 36.4 Å². The predicted octanol–water partition coefficient (Wildman–Crippen LogP) is 4.13. The summed E-state index contributed by atoms with van der Waals surface area (Å²) >= 11 is 6.10. The molecule has 0 saturated carbocycles. The van der Waals surface area contributed by atoms with E-state index < -0.39 is 0 Å². The Kier molecular flexibility index (Phi) is 6.75. The predicted molar refractivity (Wildman–Crippen MR) is 104 cm³/mol. The Morgan fingerprint density at radius 3 is 2.38 bits per heavy atom. The van der Waals surface area contributed by atoms with Gasteiger partial charge in [0.1, 0.15) is 0 Å².